The van der Waals surface area contributed by atoms with Gasteiger partial charge in [-0.3, -0.25) is 24.0 Å². The average molecular weight is 578 g/mol. The zero-order valence-electron chi connectivity index (χ0n) is 21.2. The summed E-state index contributed by atoms with van der Waals surface area (Å²) in [6.07, 6.45) is -5.07. The summed E-state index contributed by atoms with van der Waals surface area (Å²) in [4.78, 5) is 59.7. The number of amides is 1. The van der Waals surface area contributed by atoms with Gasteiger partial charge >= 0.3 is 23.9 Å². The second kappa shape index (κ2) is 14.7. The Morgan fingerprint density at radius 2 is 1.53 bits per heavy atom. The molecule has 5 unspecified atom stereocenters. The molecule has 210 valence electrons. The summed E-state index contributed by atoms with van der Waals surface area (Å²) < 4.78 is 32.2. The smallest absolute Gasteiger partial charge is 0.305 e. The third kappa shape index (κ3) is 9.99. The molecule has 1 N–H and O–H groups in total. The maximum absolute atomic E-state index is 12.8. The fourth-order valence-corrected chi connectivity index (χ4v) is 4.05. The number of carbonyl (C=O) groups excluding carboxylic acids is 5. The lowest BCUT2D eigenvalue weighted by molar-refractivity contribution is -0.271. The zero-order chi connectivity index (χ0) is 28.4. The number of carbonyl (C=O) groups is 5. The SMILES string of the molecule is CC(=O)OCC1OC(OC(C)=O)C(NC(=O)CCCOc2ccc(Cl)cc2Cl)C(OC(C)=O)C1OC(C)=O. The Morgan fingerprint density at radius 1 is 0.895 bits per heavy atom. The van der Waals surface area contributed by atoms with Gasteiger partial charge in [-0.05, 0) is 24.6 Å². The number of hydrogen-bond acceptors (Lipinski definition) is 11. The van der Waals surface area contributed by atoms with E-state index in [0.717, 1.165) is 27.7 Å². The first-order valence-electron chi connectivity index (χ1n) is 11.5. The summed E-state index contributed by atoms with van der Waals surface area (Å²) in [5.41, 5.74) is 0. The molecule has 1 amide bonds. The molecule has 38 heavy (non-hydrogen) atoms. The second-order valence-electron chi connectivity index (χ2n) is 8.22. The van der Waals surface area contributed by atoms with E-state index in [0.29, 0.717) is 15.8 Å². The highest BCUT2D eigenvalue weighted by molar-refractivity contribution is 6.35. The lowest BCUT2D eigenvalue weighted by Crippen LogP contribution is -2.67. The summed E-state index contributed by atoms with van der Waals surface area (Å²) in [5, 5.41) is 3.38. The number of nitrogens with one attached hydrogen (secondary N) is 1. The highest BCUT2D eigenvalue weighted by Gasteiger charge is 2.52. The fraction of sp³-hybridized carbons (Fsp3) is 0.542. The standard InChI is InChI=1S/C24H29Cl2NO11/c1-12(28)34-11-19-22(35-13(2)29)23(36-14(3)30)21(24(38-19)37-15(4)31)27-20(32)6-5-9-33-18-8-7-16(25)10-17(18)26/h7-8,10,19,21-24H,5-6,9,11H2,1-4H3,(H,27,32). The van der Waals surface area contributed by atoms with Crippen molar-refractivity contribution >= 4 is 53.0 Å². The topological polar surface area (TPSA) is 153 Å². The summed E-state index contributed by atoms with van der Waals surface area (Å²) in [6, 6.07) is 3.46. The number of ether oxygens (including phenoxy) is 6. The summed E-state index contributed by atoms with van der Waals surface area (Å²) >= 11 is 11.9. The van der Waals surface area contributed by atoms with Crippen molar-refractivity contribution in [3.63, 3.8) is 0 Å². The van der Waals surface area contributed by atoms with Crippen molar-refractivity contribution in [1.29, 1.82) is 0 Å². The minimum absolute atomic E-state index is 0.0452. The second-order valence-corrected chi connectivity index (χ2v) is 9.07. The molecule has 14 heteroatoms. The summed E-state index contributed by atoms with van der Waals surface area (Å²) in [6.45, 7) is 4.23. The Labute approximate surface area is 229 Å². The van der Waals surface area contributed by atoms with Crippen LogP contribution in [0.5, 0.6) is 5.75 Å². The van der Waals surface area contributed by atoms with Gasteiger partial charge in [0, 0.05) is 39.1 Å². The number of hydrogen-bond donors (Lipinski definition) is 1. The molecule has 1 fully saturated rings. The number of benzene rings is 1. The Morgan fingerprint density at radius 3 is 2.11 bits per heavy atom. The quantitative estimate of drug-likeness (QED) is 0.234. The predicted octanol–water partition coefficient (Wildman–Crippen LogP) is 2.35. The molecular formula is C24H29Cl2NO11. The van der Waals surface area contributed by atoms with E-state index < -0.39 is 67.0 Å². The van der Waals surface area contributed by atoms with E-state index in [-0.39, 0.29) is 19.4 Å². The van der Waals surface area contributed by atoms with Gasteiger partial charge in [-0.15, -0.1) is 0 Å². The van der Waals surface area contributed by atoms with Gasteiger partial charge in [-0.2, -0.15) is 0 Å². The van der Waals surface area contributed by atoms with Crippen LogP contribution in [-0.4, -0.2) is 73.6 Å². The molecule has 12 nitrogen and oxygen atoms in total. The fourth-order valence-electron chi connectivity index (χ4n) is 3.59. The van der Waals surface area contributed by atoms with E-state index in [9.17, 15) is 24.0 Å². The first kappa shape index (κ1) is 31.1. The lowest BCUT2D eigenvalue weighted by Gasteiger charge is -2.44. The monoisotopic (exact) mass is 577 g/mol. The van der Waals surface area contributed by atoms with Crippen molar-refractivity contribution in [2.45, 2.75) is 71.2 Å². The van der Waals surface area contributed by atoms with Gasteiger partial charge < -0.3 is 33.7 Å². The molecule has 1 heterocycles. The van der Waals surface area contributed by atoms with E-state index in [1.165, 1.54) is 6.07 Å². The molecule has 0 spiro atoms. The molecular weight excluding hydrogens is 549 g/mol. The van der Waals surface area contributed by atoms with Crippen LogP contribution in [0.3, 0.4) is 0 Å². The number of esters is 4. The highest BCUT2D eigenvalue weighted by atomic mass is 35.5. The summed E-state index contributed by atoms with van der Waals surface area (Å²) in [5.74, 6) is -3.07. The van der Waals surface area contributed by atoms with Crippen molar-refractivity contribution in [3.8, 4) is 5.75 Å². The van der Waals surface area contributed by atoms with Crippen molar-refractivity contribution in [2.24, 2.45) is 0 Å². The molecule has 1 saturated heterocycles. The third-order valence-electron chi connectivity index (χ3n) is 5.01. The van der Waals surface area contributed by atoms with Crippen molar-refractivity contribution in [1.82, 2.24) is 5.32 Å². The molecule has 0 aliphatic carbocycles. The van der Waals surface area contributed by atoms with Gasteiger partial charge in [0.1, 0.15) is 24.5 Å². The lowest BCUT2D eigenvalue weighted by atomic mass is 9.95. The van der Waals surface area contributed by atoms with Gasteiger partial charge in [0.15, 0.2) is 12.2 Å². The number of rotatable bonds is 11. The first-order chi connectivity index (χ1) is 17.9. The van der Waals surface area contributed by atoms with Crippen LogP contribution in [0.25, 0.3) is 0 Å². The van der Waals surface area contributed by atoms with Crippen LogP contribution in [0.15, 0.2) is 18.2 Å². The van der Waals surface area contributed by atoms with E-state index >= 15 is 0 Å². The van der Waals surface area contributed by atoms with Crippen LogP contribution in [0.4, 0.5) is 0 Å². The molecule has 0 bridgehead atoms. The van der Waals surface area contributed by atoms with Gasteiger partial charge in [0.25, 0.3) is 0 Å². The summed E-state index contributed by atoms with van der Waals surface area (Å²) in [7, 11) is 0. The van der Waals surface area contributed by atoms with Crippen LogP contribution >= 0.6 is 23.2 Å². The molecule has 0 aromatic heterocycles. The minimum Gasteiger partial charge on any atom is -0.492 e. The van der Waals surface area contributed by atoms with E-state index in [1.807, 2.05) is 0 Å². The molecule has 0 saturated carbocycles. The van der Waals surface area contributed by atoms with Crippen LogP contribution < -0.4 is 10.1 Å². The maximum atomic E-state index is 12.8. The van der Waals surface area contributed by atoms with Gasteiger partial charge in [0.2, 0.25) is 12.2 Å². The van der Waals surface area contributed by atoms with Crippen LogP contribution in [-0.2, 0) is 47.7 Å². The number of halogens is 2. The Hall–Kier alpha value is -3.09. The molecule has 1 aliphatic rings. The molecule has 1 aromatic carbocycles. The Balaban J connectivity index is 2.17. The average Bonchev–Trinajstić information content (AvgIpc) is 2.79. The van der Waals surface area contributed by atoms with Crippen molar-refractivity contribution in [3.05, 3.63) is 28.2 Å². The van der Waals surface area contributed by atoms with E-state index in [4.69, 9.17) is 51.6 Å². The molecule has 5 atom stereocenters. The van der Waals surface area contributed by atoms with E-state index in [2.05, 4.69) is 5.32 Å². The van der Waals surface area contributed by atoms with Crippen LogP contribution in [0.1, 0.15) is 40.5 Å². The molecule has 0 radical (unpaired) electrons. The van der Waals surface area contributed by atoms with Gasteiger partial charge in [0.05, 0.1) is 11.6 Å². The van der Waals surface area contributed by atoms with E-state index in [1.54, 1.807) is 12.1 Å². The molecule has 2 rings (SSSR count). The third-order valence-corrected chi connectivity index (χ3v) is 5.54. The van der Waals surface area contributed by atoms with Crippen molar-refractivity contribution in [2.75, 3.05) is 13.2 Å². The normalized spacial score (nSPS) is 22.5. The largest absolute Gasteiger partial charge is 0.492 e. The molecule has 1 aliphatic heterocycles. The Kier molecular flexibility index (Phi) is 12.1. The Bertz CT molecular complexity index is 1030. The highest BCUT2D eigenvalue weighted by Crippen LogP contribution is 2.29. The van der Waals surface area contributed by atoms with Crippen LogP contribution in [0, 0.1) is 0 Å². The first-order valence-corrected chi connectivity index (χ1v) is 12.3. The predicted molar refractivity (Wildman–Crippen MR) is 131 cm³/mol. The van der Waals surface area contributed by atoms with Crippen LogP contribution in [0.2, 0.25) is 10.0 Å². The minimum atomic E-state index is -1.46. The zero-order valence-corrected chi connectivity index (χ0v) is 22.7. The molecule has 1 aromatic rings. The van der Waals surface area contributed by atoms with Crippen molar-refractivity contribution < 1.29 is 52.4 Å². The maximum Gasteiger partial charge on any atom is 0.305 e. The van der Waals surface area contributed by atoms with Gasteiger partial charge in [-0.1, -0.05) is 23.2 Å². The van der Waals surface area contributed by atoms with Gasteiger partial charge in [-0.25, -0.2) is 0 Å².